The first-order valence-electron chi connectivity index (χ1n) is 6.48. The molecule has 0 aliphatic heterocycles. The molecule has 1 unspecified atom stereocenters. The summed E-state index contributed by atoms with van der Waals surface area (Å²) >= 11 is 0. The molecule has 0 heterocycles. The zero-order valence-corrected chi connectivity index (χ0v) is 11.1. The van der Waals surface area contributed by atoms with Gasteiger partial charge in [-0.25, -0.2) is 0 Å². The summed E-state index contributed by atoms with van der Waals surface area (Å²) in [4.78, 5) is 0. The van der Waals surface area contributed by atoms with Gasteiger partial charge in [-0.3, -0.25) is 0 Å². The van der Waals surface area contributed by atoms with E-state index in [2.05, 4.69) is 57.3 Å². The molecule has 0 aromatic heterocycles. The SMILES string of the molecule is CCCCc1ccc(C(C)NC(C)C)cc1. The Labute approximate surface area is 100 Å². The Morgan fingerprint density at radius 1 is 1.06 bits per heavy atom. The summed E-state index contributed by atoms with van der Waals surface area (Å²) in [5.41, 5.74) is 2.84. The fraction of sp³-hybridized carbons (Fsp3) is 0.600. The van der Waals surface area contributed by atoms with Gasteiger partial charge in [0.2, 0.25) is 0 Å². The molecule has 1 rings (SSSR count). The van der Waals surface area contributed by atoms with E-state index in [-0.39, 0.29) is 0 Å². The first kappa shape index (κ1) is 13.2. The van der Waals surface area contributed by atoms with Gasteiger partial charge >= 0.3 is 0 Å². The normalized spacial score (nSPS) is 13.1. The van der Waals surface area contributed by atoms with Crippen molar-refractivity contribution < 1.29 is 0 Å². The quantitative estimate of drug-likeness (QED) is 0.760. The molecule has 0 amide bonds. The fourth-order valence-electron chi connectivity index (χ4n) is 1.95. The lowest BCUT2D eigenvalue weighted by atomic mass is 10.0. The third-order valence-corrected chi connectivity index (χ3v) is 2.88. The number of unbranched alkanes of at least 4 members (excludes halogenated alkanes) is 1. The summed E-state index contributed by atoms with van der Waals surface area (Å²) < 4.78 is 0. The van der Waals surface area contributed by atoms with Gasteiger partial charge in [-0.15, -0.1) is 0 Å². The van der Waals surface area contributed by atoms with E-state index in [1.807, 2.05) is 0 Å². The molecule has 1 heteroatoms. The smallest absolute Gasteiger partial charge is 0.0294 e. The maximum Gasteiger partial charge on any atom is 0.0294 e. The van der Waals surface area contributed by atoms with Crippen LogP contribution < -0.4 is 5.32 Å². The van der Waals surface area contributed by atoms with Crippen molar-refractivity contribution in [2.45, 2.75) is 59.0 Å². The van der Waals surface area contributed by atoms with Gasteiger partial charge in [-0.2, -0.15) is 0 Å². The number of nitrogens with one attached hydrogen (secondary N) is 1. The second kappa shape index (κ2) is 6.70. The van der Waals surface area contributed by atoms with E-state index in [1.54, 1.807) is 0 Å². The lowest BCUT2D eigenvalue weighted by Gasteiger charge is -2.17. The minimum absolute atomic E-state index is 0.445. The zero-order chi connectivity index (χ0) is 12.0. The Bertz CT molecular complexity index is 287. The molecule has 0 saturated heterocycles. The highest BCUT2D eigenvalue weighted by Crippen LogP contribution is 2.15. The predicted molar refractivity (Wildman–Crippen MR) is 71.7 cm³/mol. The van der Waals surface area contributed by atoms with Gasteiger partial charge in [0, 0.05) is 12.1 Å². The highest BCUT2D eigenvalue weighted by atomic mass is 14.9. The summed E-state index contributed by atoms with van der Waals surface area (Å²) in [6, 6.07) is 10.0. The molecule has 1 N–H and O–H groups in total. The highest BCUT2D eigenvalue weighted by molar-refractivity contribution is 5.24. The first-order valence-corrected chi connectivity index (χ1v) is 6.48. The monoisotopic (exact) mass is 219 g/mol. The van der Waals surface area contributed by atoms with Gasteiger partial charge in [0.15, 0.2) is 0 Å². The molecule has 1 aromatic rings. The second-order valence-corrected chi connectivity index (χ2v) is 4.89. The van der Waals surface area contributed by atoms with Crippen LogP contribution in [0.5, 0.6) is 0 Å². The first-order chi connectivity index (χ1) is 7.63. The van der Waals surface area contributed by atoms with Crippen molar-refractivity contribution in [1.29, 1.82) is 0 Å². The average molecular weight is 219 g/mol. The third-order valence-electron chi connectivity index (χ3n) is 2.88. The van der Waals surface area contributed by atoms with E-state index < -0.39 is 0 Å². The van der Waals surface area contributed by atoms with E-state index in [9.17, 15) is 0 Å². The van der Waals surface area contributed by atoms with Crippen LogP contribution in [0.3, 0.4) is 0 Å². The van der Waals surface area contributed by atoms with Gasteiger partial charge in [-0.1, -0.05) is 51.5 Å². The summed E-state index contributed by atoms with van der Waals surface area (Å²) in [5, 5.41) is 3.52. The van der Waals surface area contributed by atoms with Crippen molar-refractivity contribution in [3.63, 3.8) is 0 Å². The van der Waals surface area contributed by atoms with Crippen molar-refractivity contribution in [1.82, 2.24) is 5.32 Å². The zero-order valence-electron chi connectivity index (χ0n) is 11.1. The molecule has 1 nitrogen and oxygen atoms in total. The Kier molecular flexibility index (Phi) is 5.54. The van der Waals surface area contributed by atoms with E-state index in [0.29, 0.717) is 12.1 Å². The van der Waals surface area contributed by atoms with Crippen LogP contribution in [0.4, 0.5) is 0 Å². The van der Waals surface area contributed by atoms with E-state index in [1.165, 1.54) is 30.4 Å². The lowest BCUT2D eigenvalue weighted by molar-refractivity contribution is 0.506. The molecule has 0 spiro atoms. The standard InChI is InChI=1S/C15H25N/c1-5-6-7-14-8-10-15(11-9-14)13(4)16-12(2)3/h8-13,16H,5-7H2,1-4H3. The lowest BCUT2D eigenvalue weighted by Crippen LogP contribution is -2.25. The molecular formula is C15H25N. The molecule has 0 fully saturated rings. The molecule has 0 saturated carbocycles. The van der Waals surface area contributed by atoms with Gasteiger partial charge in [0.1, 0.15) is 0 Å². The van der Waals surface area contributed by atoms with Crippen molar-refractivity contribution in [2.24, 2.45) is 0 Å². The number of aryl methyl sites for hydroxylation is 1. The Hall–Kier alpha value is -0.820. The molecule has 0 radical (unpaired) electrons. The molecule has 90 valence electrons. The van der Waals surface area contributed by atoms with Gasteiger partial charge in [0.25, 0.3) is 0 Å². The topological polar surface area (TPSA) is 12.0 Å². The Morgan fingerprint density at radius 3 is 2.19 bits per heavy atom. The summed E-state index contributed by atoms with van der Waals surface area (Å²) in [7, 11) is 0. The summed E-state index contributed by atoms with van der Waals surface area (Å²) in [6.07, 6.45) is 3.77. The molecule has 16 heavy (non-hydrogen) atoms. The van der Waals surface area contributed by atoms with Gasteiger partial charge in [0.05, 0.1) is 0 Å². The second-order valence-electron chi connectivity index (χ2n) is 4.89. The number of hydrogen-bond donors (Lipinski definition) is 1. The number of hydrogen-bond acceptors (Lipinski definition) is 1. The molecule has 0 aliphatic carbocycles. The van der Waals surface area contributed by atoms with Crippen molar-refractivity contribution >= 4 is 0 Å². The van der Waals surface area contributed by atoms with Crippen LogP contribution >= 0.6 is 0 Å². The minimum atomic E-state index is 0.445. The van der Waals surface area contributed by atoms with E-state index in [4.69, 9.17) is 0 Å². The van der Waals surface area contributed by atoms with Crippen LogP contribution in [-0.2, 0) is 6.42 Å². The molecule has 1 atom stereocenters. The minimum Gasteiger partial charge on any atom is -0.308 e. The molecule has 0 aliphatic rings. The average Bonchev–Trinajstić information content (AvgIpc) is 2.26. The third kappa shape index (κ3) is 4.36. The molecular weight excluding hydrogens is 194 g/mol. The van der Waals surface area contributed by atoms with E-state index in [0.717, 1.165) is 0 Å². The van der Waals surface area contributed by atoms with Crippen LogP contribution in [0, 0.1) is 0 Å². The predicted octanol–water partition coefficient (Wildman–Crippen LogP) is 4.09. The Balaban J connectivity index is 2.56. The number of benzene rings is 1. The maximum atomic E-state index is 3.52. The van der Waals surface area contributed by atoms with Crippen LogP contribution in [0.15, 0.2) is 24.3 Å². The van der Waals surface area contributed by atoms with Crippen LogP contribution in [0.1, 0.15) is 57.7 Å². The van der Waals surface area contributed by atoms with Crippen molar-refractivity contribution in [2.75, 3.05) is 0 Å². The largest absolute Gasteiger partial charge is 0.308 e. The maximum absolute atomic E-state index is 3.52. The fourth-order valence-corrected chi connectivity index (χ4v) is 1.95. The van der Waals surface area contributed by atoms with Crippen molar-refractivity contribution in [3.05, 3.63) is 35.4 Å². The van der Waals surface area contributed by atoms with Crippen LogP contribution in [0.25, 0.3) is 0 Å². The summed E-state index contributed by atoms with van der Waals surface area (Å²) in [6.45, 7) is 8.84. The van der Waals surface area contributed by atoms with Crippen LogP contribution in [0.2, 0.25) is 0 Å². The van der Waals surface area contributed by atoms with E-state index >= 15 is 0 Å². The van der Waals surface area contributed by atoms with Gasteiger partial charge in [-0.05, 0) is 30.9 Å². The molecule has 0 bridgehead atoms. The van der Waals surface area contributed by atoms with Crippen molar-refractivity contribution in [3.8, 4) is 0 Å². The summed E-state index contributed by atoms with van der Waals surface area (Å²) in [5.74, 6) is 0. The Morgan fingerprint density at radius 2 is 1.69 bits per heavy atom. The van der Waals surface area contributed by atoms with Crippen LogP contribution in [-0.4, -0.2) is 6.04 Å². The number of rotatable bonds is 6. The highest BCUT2D eigenvalue weighted by Gasteiger charge is 2.05. The van der Waals surface area contributed by atoms with Gasteiger partial charge < -0.3 is 5.32 Å². The molecule has 1 aromatic carbocycles.